The van der Waals surface area contributed by atoms with Crippen molar-refractivity contribution >= 4 is 0 Å². The molecule has 0 saturated carbocycles. The molecule has 1 fully saturated rings. The van der Waals surface area contributed by atoms with E-state index in [0.717, 1.165) is 13.0 Å². The van der Waals surface area contributed by atoms with Crippen molar-refractivity contribution in [1.82, 2.24) is 5.32 Å². The molecule has 0 bridgehead atoms. The van der Waals surface area contributed by atoms with E-state index in [1.165, 1.54) is 0 Å². The Labute approximate surface area is 61.1 Å². The molecule has 1 saturated heterocycles. The maximum absolute atomic E-state index is 8.89. The number of rotatable bonds is 2. The van der Waals surface area contributed by atoms with Crippen LogP contribution in [0.2, 0.25) is 0 Å². The molecule has 58 valence electrons. The summed E-state index contributed by atoms with van der Waals surface area (Å²) in [5, 5.41) is 21.9. The molecule has 1 aliphatic rings. The third-order valence-corrected chi connectivity index (χ3v) is 1.92. The van der Waals surface area contributed by atoms with Crippen LogP contribution >= 0.6 is 0 Å². The summed E-state index contributed by atoms with van der Waals surface area (Å²) in [4.78, 5) is 0. The van der Waals surface area contributed by atoms with Gasteiger partial charge in [0.05, 0.1) is 13.2 Å². The van der Waals surface area contributed by atoms with Gasteiger partial charge in [-0.2, -0.15) is 0 Å². The second-order valence-electron chi connectivity index (χ2n) is 2.78. The number of aliphatic hydroxyl groups is 2. The topological polar surface area (TPSA) is 54.6 Å². The van der Waals surface area contributed by atoms with Crippen LogP contribution < -0.4 is 5.32 Å². The first-order chi connectivity index (χ1) is 4.83. The lowest BCUT2D eigenvalue weighted by molar-refractivity contribution is 0.0683. The maximum Gasteiger partial charge on any atom is 0.0525 e. The largest absolute Gasteiger partial charge is 0.396 e. The molecule has 0 aromatic carbocycles. The molecule has 0 spiro atoms. The van der Waals surface area contributed by atoms with E-state index >= 15 is 0 Å². The number of hydrogen-bond donors (Lipinski definition) is 2. The SMILES string of the molecule is OCC1(CO)[CH]CC[N]C1. The summed E-state index contributed by atoms with van der Waals surface area (Å²) in [5.41, 5.74) is -0.418. The molecular weight excluding hydrogens is 130 g/mol. The fourth-order valence-corrected chi connectivity index (χ4v) is 1.11. The van der Waals surface area contributed by atoms with Gasteiger partial charge in [0.2, 0.25) is 0 Å². The van der Waals surface area contributed by atoms with E-state index in [2.05, 4.69) is 5.32 Å². The minimum absolute atomic E-state index is 0.00694. The zero-order valence-corrected chi connectivity index (χ0v) is 5.95. The summed E-state index contributed by atoms with van der Waals surface area (Å²) in [7, 11) is 0. The molecule has 0 amide bonds. The standard InChI is InChI=1S/C7H13NO2/c9-5-7(6-10)2-1-3-8-4-7/h2,9-10H,1,3-6H2. The Kier molecular flexibility index (Phi) is 2.65. The van der Waals surface area contributed by atoms with E-state index in [4.69, 9.17) is 10.2 Å². The van der Waals surface area contributed by atoms with Crippen molar-refractivity contribution in [2.45, 2.75) is 6.42 Å². The van der Waals surface area contributed by atoms with E-state index in [1.807, 2.05) is 6.42 Å². The summed E-state index contributed by atoms with van der Waals surface area (Å²) in [5.74, 6) is 0. The predicted molar refractivity (Wildman–Crippen MR) is 37.4 cm³/mol. The number of piperidine rings is 1. The quantitative estimate of drug-likeness (QED) is 0.530. The van der Waals surface area contributed by atoms with E-state index in [9.17, 15) is 0 Å². The Balaban J connectivity index is 2.44. The van der Waals surface area contributed by atoms with Crippen LogP contribution in [-0.4, -0.2) is 36.5 Å². The highest BCUT2D eigenvalue weighted by Crippen LogP contribution is 2.23. The molecule has 0 aliphatic carbocycles. The third-order valence-electron chi connectivity index (χ3n) is 1.92. The molecule has 1 aliphatic heterocycles. The summed E-state index contributed by atoms with van der Waals surface area (Å²) in [6.07, 6.45) is 2.85. The Morgan fingerprint density at radius 3 is 2.40 bits per heavy atom. The molecule has 10 heavy (non-hydrogen) atoms. The lowest BCUT2D eigenvalue weighted by Gasteiger charge is -2.32. The average molecular weight is 143 g/mol. The van der Waals surface area contributed by atoms with Gasteiger partial charge in [-0.1, -0.05) is 0 Å². The van der Waals surface area contributed by atoms with Crippen LogP contribution in [0.4, 0.5) is 0 Å². The molecule has 0 aromatic heterocycles. The van der Waals surface area contributed by atoms with Crippen molar-refractivity contribution in [3.63, 3.8) is 0 Å². The Bertz CT molecular complexity index is 93.8. The number of hydrogen-bond acceptors (Lipinski definition) is 2. The highest BCUT2D eigenvalue weighted by atomic mass is 16.3. The van der Waals surface area contributed by atoms with Gasteiger partial charge in [-0.3, -0.25) is 0 Å². The first kappa shape index (κ1) is 7.98. The minimum Gasteiger partial charge on any atom is -0.396 e. The molecule has 1 rings (SSSR count). The van der Waals surface area contributed by atoms with Crippen LogP contribution in [0.15, 0.2) is 0 Å². The second kappa shape index (κ2) is 3.32. The maximum atomic E-state index is 8.89. The van der Waals surface area contributed by atoms with Crippen LogP contribution in [-0.2, 0) is 0 Å². The molecule has 0 unspecified atom stereocenters. The summed E-state index contributed by atoms with van der Waals surface area (Å²) < 4.78 is 0. The second-order valence-corrected chi connectivity index (χ2v) is 2.78. The van der Waals surface area contributed by atoms with E-state index < -0.39 is 5.41 Å². The fraction of sp³-hybridized carbons (Fsp3) is 0.857. The van der Waals surface area contributed by atoms with Crippen molar-refractivity contribution in [2.75, 3.05) is 26.3 Å². The van der Waals surface area contributed by atoms with Gasteiger partial charge >= 0.3 is 0 Å². The minimum atomic E-state index is -0.418. The van der Waals surface area contributed by atoms with Crippen LogP contribution in [0.5, 0.6) is 0 Å². The van der Waals surface area contributed by atoms with Gasteiger partial charge in [-0.15, -0.1) is 0 Å². The average Bonchev–Trinajstić information content (AvgIpc) is 2.06. The van der Waals surface area contributed by atoms with Gasteiger partial charge in [-0.25, -0.2) is 5.32 Å². The predicted octanol–water partition coefficient (Wildman–Crippen LogP) is -0.830. The molecule has 2 radical (unpaired) electrons. The Morgan fingerprint density at radius 1 is 1.40 bits per heavy atom. The molecule has 3 nitrogen and oxygen atoms in total. The molecule has 3 heteroatoms. The molecular formula is C7H13NO2. The first-order valence-electron chi connectivity index (χ1n) is 3.52. The van der Waals surface area contributed by atoms with Crippen molar-refractivity contribution in [2.24, 2.45) is 5.41 Å². The lowest BCUT2D eigenvalue weighted by Crippen LogP contribution is -2.42. The van der Waals surface area contributed by atoms with Crippen molar-refractivity contribution < 1.29 is 10.2 Å². The van der Waals surface area contributed by atoms with Gasteiger partial charge in [0.15, 0.2) is 0 Å². The van der Waals surface area contributed by atoms with E-state index in [-0.39, 0.29) is 13.2 Å². The fourth-order valence-electron chi connectivity index (χ4n) is 1.11. The highest BCUT2D eigenvalue weighted by molar-refractivity contribution is 4.96. The monoisotopic (exact) mass is 143 g/mol. The Hall–Kier alpha value is -0.120. The third kappa shape index (κ3) is 1.48. The molecule has 0 atom stereocenters. The zero-order valence-electron chi connectivity index (χ0n) is 5.95. The number of aliphatic hydroxyl groups excluding tert-OH is 2. The summed E-state index contributed by atoms with van der Waals surface area (Å²) >= 11 is 0. The lowest BCUT2D eigenvalue weighted by atomic mass is 9.82. The smallest absolute Gasteiger partial charge is 0.0525 e. The van der Waals surface area contributed by atoms with Crippen LogP contribution in [0, 0.1) is 11.8 Å². The van der Waals surface area contributed by atoms with Gasteiger partial charge in [-0.05, 0) is 12.8 Å². The van der Waals surface area contributed by atoms with Crippen LogP contribution in [0.1, 0.15) is 6.42 Å². The van der Waals surface area contributed by atoms with Crippen molar-refractivity contribution in [3.8, 4) is 0 Å². The summed E-state index contributed by atoms with van der Waals surface area (Å²) in [6.45, 7) is 1.42. The molecule has 2 N–H and O–H groups in total. The molecule has 0 aromatic rings. The van der Waals surface area contributed by atoms with E-state index in [0.29, 0.717) is 6.54 Å². The Morgan fingerprint density at radius 2 is 2.10 bits per heavy atom. The normalized spacial score (nSPS) is 24.6. The van der Waals surface area contributed by atoms with Crippen LogP contribution in [0.3, 0.4) is 0 Å². The van der Waals surface area contributed by atoms with Gasteiger partial charge in [0.1, 0.15) is 0 Å². The zero-order chi connectivity index (χ0) is 7.45. The number of nitrogens with zero attached hydrogens (tertiary/aromatic N) is 1. The highest BCUT2D eigenvalue weighted by Gasteiger charge is 2.31. The van der Waals surface area contributed by atoms with E-state index in [1.54, 1.807) is 0 Å². The van der Waals surface area contributed by atoms with Gasteiger partial charge in [0, 0.05) is 18.5 Å². The summed E-state index contributed by atoms with van der Waals surface area (Å²) in [6, 6.07) is 0. The van der Waals surface area contributed by atoms with Gasteiger partial charge in [0.25, 0.3) is 0 Å². The molecule has 1 heterocycles. The van der Waals surface area contributed by atoms with Crippen molar-refractivity contribution in [3.05, 3.63) is 6.42 Å². The van der Waals surface area contributed by atoms with Crippen LogP contribution in [0.25, 0.3) is 0 Å². The first-order valence-corrected chi connectivity index (χ1v) is 3.52. The van der Waals surface area contributed by atoms with Gasteiger partial charge < -0.3 is 10.2 Å². The van der Waals surface area contributed by atoms with Crippen molar-refractivity contribution in [1.29, 1.82) is 0 Å².